The lowest BCUT2D eigenvalue weighted by atomic mass is 9.96. The second kappa shape index (κ2) is 7.97. The summed E-state index contributed by atoms with van der Waals surface area (Å²) in [6, 6.07) is 9.89. The van der Waals surface area contributed by atoms with Gasteiger partial charge in [-0.1, -0.05) is 0 Å². The number of ether oxygens (including phenoxy) is 3. The fourth-order valence-electron chi connectivity index (χ4n) is 4.34. The van der Waals surface area contributed by atoms with Crippen LogP contribution in [0, 0.1) is 19.8 Å². The van der Waals surface area contributed by atoms with Crippen LogP contribution in [0.1, 0.15) is 34.6 Å². The van der Waals surface area contributed by atoms with Crippen molar-refractivity contribution in [3.8, 4) is 11.4 Å². The Morgan fingerprint density at radius 2 is 1.86 bits per heavy atom. The summed E-state index contributed by atoms with van der Waals surface area (Å²) in [5, 5.41) is 0. The molecule has 0 saturated carbocycles. The average molecular weight is 384 g/mol. The Balaban J connectivity index is 1.56. The molecule has 1 aromatic heterocycles. The van der Waals surface area contributed by atoms with Gasteiger partial charge < -0.3 is 23.7 Å². The van der Waals surface area contributed by atoms with Gasteiger partial charge in [0.2, 0.25) is 0 Å². The van der Waals surface area contributed by atoms with E-state index in [1.807, 2.05) is 49.1 Å². The summed E-state index contributed by atoms with van der Waals surface area (Å²) in [6.07, 6.45) is 1.86. The number of aromatic nitrogens is 1. The zero-order valence-electron chi connectivity index (χ0n) is 16.8. The van der Waals surface area contributed by atoms with Crippen molar-refractivity contribution in [1.82, 2.24) is 9.47 Å². The number of carbonyl (C=O) groups is 1. The molecule has 28 heavy (non-hydrogen) atoms. The van der Waals surface area contributed by atoms with Crippen LogP contribution in [0.25, 0.3) is 5.69 Å². The SMILES string of the molecule is COc1ccc(-n2c(C)cc(C(=O)N3CCCC(C4OCCO4)C3)c2C)cc1. The normalized spacial score (nSPS) is 20.5. The van der Waals surface area contributed by atoms with Crippen LogP contribution in [0.5, 0.6) is 5.75 Å². The molecule has 0 spiro atoms. The van der Waals surface area contributed by atoms with Gasteiger partial charge in [-0.25, -0.2) is 0 Å². The first-order chi connectivity index (χ1) is 13.6. The second-order valence-corrected chi connectivity index (χ2v) is 7.58. The summed E-state index contributed by atoms with van der Waals surface area (Å²) in [7, 11) is 1.66. The summed E-state index contributed by atoms with van der Waals surface area (Å²) in [5.74, 6) is 1.17. The summed E-state index contributed by atoms with van der Waals surface area (Å²) in [4.78, 5) is 15.2. The topological polar surface area (TPSA) is 52.9 Å². The maximum Gasteiger partial charge on any atom is 0.255 e. The van der Waals surface area contributed by atoms with Gasteiger partial charge in [-0.15, -0.1) is 0 Å². The number of rotatable bonds is 4. The number of benzene rings is 1. The van der Waals surface area contributed by atoms with Gasteiger partial charge in [-0.2, -0.15) is 0 Å². The molecule has 0 radical (unpaired) electrons. The number of carbonyl (C=O) groups excluding carboxylic acids is 1. The third-order valence-corrected chi connectivity index (χ3v) is 5.77. The molecule has 1 unspecified atom stereocenters. The zero-order chi connectivity index (χ0) is 19.7. The molecule has 0 bridgehead atoms. The number of likely N-dealkylation sites (tertiary alicyclic amines) is 1. The van der Waals surface area contributed by atoms with Gasteiger partial charge in [0.25, 0.3) is 5.91 Å². The summed E-state index contributed by atoms with van der Waals surface area (Å²) in [6.45, 7) is 6.82. The molecule has 1 aromatic carbocycles. The van der Waals surface area contributed by atoms with Crippen molar-refractivity contribution in [3.63, 3.8) is 0 Å². The Hall–Kier alpha value is -2.31. The predicted molar refractivity (Wildman–Crippen MR) is 106 cm³/mol. The molecule has 0 aliphatic carbocycles. The Labute approximate surface area is 166 Å². The van der Waals surface area contributed by atoms with Crippen molar-refractivity contribution >= 4 is 5.91 Å². The molecule has 3 heterocycles. The average Bonchev–Trinajstić information content (AvgIpc) is 3.36. The highest BCUT2D eigenvalue weighted by atomic mass is 16.7. The number of piperidine rings is 1. The van der Waals surface area contributed by atoms with Gasteiger partial charge in [0, 0.05) is 36.1 Å². The van der Waals surface area contributed by atoms with E-state index in [4.69, 9.17) is 14.2 Å². The van der Waals surface area contributed by atoms with Crippen LogP contribution in [0.3, 0.4) is 0 Å². The molecule has 4 rings (SSSR count). The maximum absolute atomic E-state index is 13.3. The third kappa shape index (κ3) is 3.54. The zero-order valence-corrected chi connectivity index (χ0v) is 16.8. The molecule has 0 N–H and O–H groups in total. The number of aryl methyl sites for hydroxylation is 1. The third-order valence-electron chi connectivity index (χ3n) is 5.77. The van der Waals surface area contributed by atoms with E-state index in [9.17, 15) is 4.79 Å². The smallest absolute Gasteiger partial charge is 0.255 e. The predicted octanol–water partition coefficient (Wildman–Crippen LogP) is 3.33. The molecule has 2 saturated heterocycles. The lowest BCUT2D eigenvalue weighted by Gasteiger charge is -2.34. The van der Waals surface area contributed by atoms with E-state index in [0.717, 1.165) is 47.8 Å². The van der Waals surface area contributed by atoms with Crippen LogP contribution in [-0.2, 0) is 9.47 Å². The van der Waals surface area contributed by atoms with Crippen molar-refractivity contribution in [2.75, 3.05) is 33.4 Å². The van der Waals surface area contributed by atoms with Crippen LogP contribution < -0.4 is 4.74 Å². The monoisotopic (exact) mass is 384 g/mol. The van der Waals surface area contributed by atoms with Gasteiger partial charge in [-0.05, 0) is 57.0 Å². The molecule has 1 atom stereocenters. The van der Waals surface area contributed by atoms with E-state index >= 15 is 0 Å². The number of nitrogens with zero attached hydrogens (tertiary/aromatic N) is 2. The maximum atomic E-state index is 13.3. The number of hydrogen-bond acceptors (Lipinski definition) is 4. The lowest BCUT2D eigenvalue weighted by molar-refractivity contribution is -0.0969. The standard InChI is InChI=1S/C22H28N2O4/c1-15-13-20(16(2)24(15)18-6-8-19(26-3)9-7-18)21(25)23-10-4-5-17(14-23)22-27-11-12-28-22/h6-9,13,17,22H,4-5,10-12,14H2,1-3H3. The molecular formula is C22H28N2O4. The highest BCUT2D eigenvalue weighted by Crippen LogP contribution is 2.28. The molecule has 2 aliphatic heterocycles. The Kier molecular flexibility index (Phi) is 5.42. The second-order valence-electron chi connectivity index (χ2n) is 7.58. The molecule has 2 aliphatic rings. The van der Waals surface area contributed by atoms with E-state index in [0.29, 0.717) is 19.8 Å². The van der Waals surface area contributed by atoms with E-state index < -0.39 is 0 Å². The molecule has 2 aromatic rings. The molecular weight excluding hydrogens is 356 g/mol. The van der Waals surface area contributed by atoms with Crippen LogP contribution >= 0.6 is 0 Å². The first-order valence-corrected chi connectivity index (χ1v) is 9.94. The van der Waals surface area contributed by atoms with E-state index in [2.05, 4.69) is 4.57 Å². The Bertz CT molecular complexity index is 837. The highest BCUT2D eigenvalue weighted by molar-refractivity contribution is 5.96. The summed E-state index contributed by atoms with van der Waals surface area (Å²) in [5.41, 5.74) is 3.80. The summed E-state index contributed by atoms with van der Waals surface area (Å²) < 4.78 is 18.7. The number of amides is 1. The van der Waals surface area contributed by atoms with Gasteiger partial charge in [-0.3, -0.25) is 4.79 Å². The largest absolute Gasteiger partial charge is 0.497 e. The van der Waals surface area contributed by atoms with Crippen LogP contribution in [0.4, 0.5) is 0 Å². The van der Waals surface area contributed by atoms with Gasteiger partial charge in [0.05, 0.1) is 25.9 Å². The molecule has 150 valence electrons. The molecule has 6 heteroatoms. The minimum absolute atomic E-state index is 0.0931. The molecule has 6 nitrogen and oxygen atoms in total. The van der Waals surface area contributed by atoms with Crippen LogP contribution in [0.2, 0.25) is 0 Å². The Morgan fingerprint density at radius 3 is 2.54 bits per heavy atom. The van der Waals surface area contributed by atoms with Gasteiger partial charge in [0.15, 0.2) is 6.29 Å². The highest BCUT2D eigenvalue weighted by Gasteiger charge is 2.33. The minimum Gasteiger partial charge on any atom is -0.497 e. The van der Waals surface area contributed by atoms with Crippen molar-refractivity contribution in [2.45, 2.75) is 33.0 Å². The Morgan fingerprint density at radius 1 is 1.14 bits per heavy atom. The van der Waals surface area contributed by atoms with Crippen molar-refractivity contribution in [3.05, 3.63) is 47.3 Å². The van der Waals surface area contributed by atoms with E-state index in [-0.39, 0.29) is 18.1 Å². The molecule has 1 amide bonds. The summed E-state index contributed by atoms with van der Waals surface area (Å²) >= 11 is 0. The van der Waals surface area contributed by atoms with Crippen LogP contribution in [0.15, 0.2) is 30.3 Å². The van der Waals surface area contributed by atoms with Crippen molar-refractivity contribution in [1.29, 1.82) is 0 Å². The van der Waals surface area contributed by atoms with Crippen molar-refractivity contribution < 1.29 is 19.0 Å². The molecule has 2 fully saturated rings. The quantitative estimate of drug-likeness (QED) is 0.811. The van der Waals surface area contributed by atoms with E-state index in [1.165, 1.54) is 0 Å². The number of methoxy groups -OCH3 is 1. The number of hydrogen-bond donors (Lipinski definition) is 0. The van der Waals surface area contributed by atoms with Crippen LogP contribution in [-0.4, -0.2) is 55.1 Å². The van der Waals surface area contributed by atoms with Gasteiger partial charge in [0.1, 0.15) is 5.75 Å². The van der Waals surface area contributed by atoms with E-state index in [1.54, 1.807) is 7.11 Å². The fourth-order valence-corrected chi connectivity index (χ4v) is 4.34. The minimum atomic E-state index is -0.165. The van der Waals surface area contributed by atoms with Gasteiger partial charge >= 0.3 is 0 Å². The fraction of sp³-hybridized carbons (Fsp3) is 0.500. The first-order valence-electron chi connectivity index (χ1n) is 9.94. The van der Waals surface area contributed by atoms with Crippen molar-refractivity contribution in [2.24, 2.45) is 5.92 Å². The first kappa shape index (κ1) is 19.0. The lowest BCUT2D eigenvalue weighted by Crippen LogP contribution is -2.44.